The van der Waals surface area contributed by atoms with Crippen LogP contribution in [0.2, 0.25) is 0 Å². The maximum atomic E-state index is 12.0. The molecule has 0 aliphatic rings. The number of anilines is 1. The number of nitrogens with one attached hydrogen (secondary N) is 2. The molecule has 0 radical (unpaired) electrons. The Morgan fingerprint density at radius 3 is 2.96 bits per heavy atom. The highest BCUT2D eigenvalue weighted by Crippen LogP contribution is 2.23. The van der Waals surface area contributed by atoms with E-state index in [-0.39, 0.29) is 17.3 Å². The number of hydrogen-bond donors (Lipinski definition) is 2. The van der Waals surface area contributed by atoms with Crippen LogP contribution in [0.3, 0.4) is 0 Å². The summed E-state index contributed by atoms with van der Waals surface area (Å²) in [6.07, 6.45) is 0. The van der Waals surface area contributed by atoms with Crippen molar-refractivity contribution in [3.8, 4) is 0 Å². The largest absolute Gasteiger partial charge is 0.333 e. The molecule has 3 aromatic rings. The fourth-order valence-electron chi connectivity index (χ4n) is 2.06. The summed E-state index contributed by atoms with van der Waals surface area (Å²) in [6, 6.07) is 11.5. The van der Waals surface area contributed by atoms with E-state index in [1.807, 2.05) is 18.2 Å². The summed E-state index contributed by atoms with van der Waals surface area (Å²) in [4.78, 5) is 29.7. The summed E-state index contributed by atoms with van der Waals surface area (Å²) >= 11 is 4.65. The van der Waals surface area contributed by atoms with Gasteiger partial charge in [-0.1, -0.05) is 33.8 Å². The van der Waals surface area contributed by atoms with Gasteiger partial charge in [0.1, 0.15) is 0 Å². The number of thioether (sulfide) groups is 1. The standard InChI is InChI=1S/C15H11BrN4O3S/c16-9-4-5-12-13(6-9)19-15(18-12)24-8-14(21)17-10-2-1-3-11(7-10)20(22)23/h1-7H,8H2,(H,17,21)(H,18,19). The highest BCUT2D eigenvalue weighted by molar-refractivity contribution is 9.10. The first-order chi connectivity index (χ1) is 11.5. The molecule has 0 spiro atoms. The quantitative estimate of drug-likeness (QED) is 0.379. The van der Waals surface area contributed by atoms with Gasteiger partial charge in [-0.05, 0) is 24.3 Å². The Kier molecular flexibility index (Phi) is 4.81. The molecule has 0 unspecified atom stereocenters. The van der Waals surface area contributed by atoms with Crippen LogP contribution in [0.4, 0.5) is 11.4 Å². The Labute approximate surface area is 149 Å². The minimum Gasteiger partial charge on any atom is -0.333 e. The van der Waals surface area contributed by atoms with Crippen LogP contribution < -0.4 is 5.32 Å². The van der Waals surface area contributed by atoms with Crippen LogP contribution in [-0.4, -0.2) is 26.6 Å². The van der Waals surface area contributed by atoms with Crippen molar-refractivity contribution in [1.82, 2.24) is 9.97 Å². The number of imidazole rings is 1. The Hall–Kier alpha value is -2.39. The number of benzene rings is 2. The number of aromatic nitrogens is 2. The topological polar surface area (TPSA) is 101 Å². The highest BCUT2D eigenvalue weighted by Gasteiger charge is 2.10. The Bertz CT molecular complexity index is 928. The molecule has 24 heavy (non-hydrogen) atoms. The average molecular weight is 407 g/mol. The summed E-state index contributed by atoms with van der Waals surface area (Å²) in [6.45, 7) is 0. The number of carbonyl (C=O) groups is 1. The first-order valence-corrected chi connectivity index (χ1v) is 8.61. The fourth-order valence-corrected chi connectivity index (χ4v) is 3.10. The molecule has 0 aliphatic heterocycles. The second kappa shape index (κ2) is 7.02. The van der Waals surface area contributed by atoms with Crippen molar-refractivity contribution < 1.29 is 9.72 Å². The van der Waals surface area contributed by atoms with Gasteiger partial charge in [-0.3, -0.25) is 14.9 Å². The first-order valence-electron chi connectivity index (χ1n) is 6.83. The molecule has 0 aliphatic carbocycles. The third-order valence-corrected chi connectivity index (χ3v) is 4.47. The number of nitro groups is 1. The summed E-state index contributed by atoms with van der Waals surface area (Å²) in [5.74, 6) is -0.119. The molecule has 3 rings (SSSR count). The molecular weight excluding hydrogens is 396 g/mol. The van der Waals surface area contributed by atoms with Crippen LogP contribution in [0.25, 0.3) is 11.0 Å². The van der Waals surface area contributed by atoms with Gasteiger partial charge in [-0.25, -0.2) is 4.98 Å². The van der Waals surface area contributed by atoms with E-state index in [0.29, 0.717) is 10.8 Å². The normalized spacial score (nSPS) is 10.7. The predicted octanol–water partition coefficient (Wildman–Crippen LogP) is 3.96. The van der Waals surface area contributed by atoms with Gasteiger partial charge in [-0.2, -0.15) is 0 Å². The number of carbonyl (C=O) groups excluding carboxylic acids is 1. The third kappa shape index (κ3) is 3.92. The van der Waals surface area contributed by atoms with E-state index >= 15 is 0 Å². The number of non-ortho nitro benzene ring substituents is 1. The number of hydrogen-bond acceptors (Lipinski definition) is 5. The van der Waals surface area contributed by atoms with Gasteiger partial charge in [0.15, 0.2) is 5.16 Å². The van der Waals surface area contributed by atoms with Gasteiger partial charge in [0.05, 0.1) is 21.7 Å². The van der Waals surface area contributed by atoms with Crippen LogP contribution in [0.5, 0.6) is 0 Å². The van der Waals surface area contributed by atoms with Crippen LogP contribution in [0.1, 0.15) is 0 Å². The first kappa shape index (κ1) is 16.5. The lowest BCUT2D eigenvalue weighted by Gasteiger charge is -2.03. The number of halogens is 1. The van der Waals surface area contributed by atoms with Crippen LogP contribution in [0, 0.1) is 10.1 Å². The second-order valence-electron chi connectivity index (χ2n) is 4.85. The van der Waals surface area contributed by atoms with E-state index in [9.17, 15) is 14.9 Å². The van der Waals surface area contributed by atoms with Crippen molar-refractivity contribution in [3.63, 3.8) is 0 Å². The number of nitro benzene ring substituents is 1. The van der Waals surface area contributed by atoms with Crippen LogP contribution in [0.15, 0.2) is 52.1 Å². The molecule has 0 saturated heterocycles. The summed E-state index contributed by atoms with van der Waals surface area (Å²) in [5.41, 5.74) is 2.03. The van der Waals surface area contributed by atoms with E-state index in [0.717, 1.165) is 15.5 Å². The van der Waals surface area contributed by atoms with Gasteiger partial charge in [-0.15, -0.1) is 0 Å². The number of aromatic amines is 1. The Morgan fingerprint density at radius 2 is 2.17 bits per heavy atom. The molecular formula is C15H11BrN4O3S. The average Bonchev–Trinajstić information content (AvgIpc) is 2.95. The molecule has 0 bridgehead atoms. The van der Waals surface area contributed by atoms with E-state index in [1.165, 1.54) is 30.0 Å². The summed E-state index contributed by atoms with van der Waals surface area (Å²) in [5, 5.41) is 14.0. The zero-order valence-electron chi connectivity index (χ0n) is 12.2. The molecule has 0 atom stereocenters. The van der Waals surface area contributed by atoms with Crippen molar-refractivity contribution in [1.29, 1.82) is 0 Å². The summed E-state index contributed by atoms with van der Waals surface area (Å²) < 4.78 is 0.943. The van der Waals surface area contributed by atoms with Gasteiger partial charge < -0.3 is 10.3 Å². The minimum absolute atomic E-state index is 0.0664. The minimum atomic E-state index is -0.503. The van der Waals surface area contributed by atoms with Crippen LogP contribution in [-0.2, 0) is 4.79 Å². The smallest absolute Gasteiger partial charge is 0.271 e. The zero-order valence-corrected chi connectivity index (χ0v) is 14.6. The lowest BCUT2D eigenvalue weighted by Crippen LogP contribution is -2.14. The van der Waals surface area contributed by atoms with Gasteiger partial charge in [0.25, 0.3) is 5.69 Å². The van der Waals surface area contributed by atoms with Gasteiger partial charge in [0.2, 0.25) is 5.91 Å². The monoisotopic (exact) mass is 406 g/mol. The molecule has 1 amide bonds. The molecule has 9 heteroatoms. The van der Waals surface area contributed by atoms with Crippen molar-refractivity contribution in [3.05, 3.63) is 57.1 Å². The Morgan fingerprint density at radius 1 is 1.33 bits per heavy atom. The number of rotatable bonds is 5. The molecule has 122 valence electrons. The lowest BCUT2D eigenvalue weighted by molar-refractivity contribution is -0.384. The molecule has 2 aromatic carbocycles. The molecule has 0 fully saturated rings. The number of nitrogens with zero attached hydrogens (tertiary/aromatic N) is 2. The number of amides is 1. The van der Waals surface area contributed by atoms with E-state index in [2.05, 4.69) is 31.2 Å². The third-order valence-electron chi connectivity index (χ3n) is 3.10. The maximum absolute atomic E-state index is 12.0. The van der Waals surface area contributed by atoms with Crippen molar-refractivity contribution >= 4 is 56.0 Å². The van der Waals surface area contributed by atoms with Gasteiger partial charge >= 0.3 is 0 Å². The molecule has 2 N–H and O–H groups in total. The molecule has 1 aromatic heterocycles. The SMILES string of the molecule is O=C(CSc1nc2ccc(Br)cc2[nH]1)Nc1cccc([N+](=O)[O-])c1. The molecule has 1 heterocycles. The number of H-pyrrole nitrogens is 1. The van der Waals surface area contributed by atoms with Crippen molar-refractivity contribution in [2.75, 3.05) is 11.1 Å². The van der Waals surface area contributed by atoms with E-state index < -0.39 is 4.92 Å². The van der Waals surface area contributed by atoms with E-state index in [1.54, 1.807) is 6.07 Å². The summed E-state index contributed by atoms with van der Waals surface area (Å²) in [7, 11) is 0. The maximum Gasteiger partial charge on any atom is 0.271 e. The Balaban J connectivity index is 1.62. The van der Waals surface area contributed by atoms with Gasteiger partial charge in [0, 0.05) is 22.3 Å². The molecule has 7 nitrogen and oxygen atoms in total. The van der Waals surface area contributed by atoms with Crippen molar-refractivity contribution in [2.45, 2.75) is 5.16 Å². The second-order valence-corrected chi connectivity index (χ2v) is 6.73. The lowest BCUT2D eigenvalue weighted by atomic mass is 10.3. The van der Waals surface area contributed by atoms with Crippen molar-refractivity contribution in [2.24, 2.45) is 0 Å². The zero-order chi connectivity index (χ0) is 17.1. The predicted molar refractivity (Wildman–Crippen MR) is 96.2 cm³/mol. The molecule has 0 saturated carbocycles. The number of fused-ring (bicyclic) bond motifs is 1. The fraction of sp³-hybridized carbons (Fsp3) is 0.0667. The van der Waals surface area contributed by atoms with Crippen LogP contribution >= 0.6 is 27.7 Å². The highest BCUT2D eigenvalue weighted by atomic mass is 79.9. The van der Waals surface area contributed by atoms with E-state index in [4.69, 9.17) is 0 Å².